The number of rotatable bonds is 5. The van der Waals surface area contributed by atoms with Crippen LogP contribution in [0.1, 0.15) is 57.1 Å². The van der Waals surface area contributed by atoms with Gasteiger partial charge in [-0.25, -0.2) is 0 Å². The number of fused-ring (bicyclic) bond motifs is 2. The minimum atomic E-state index is 0.0558. The molecular weight excluding hydrogens is 322 g/mol. The van der Waals surface area contributed by atoms with Crippen molar-refractivity contribution in [2.24, 2.45) is 17.8 Å². The van der Waals surface area contributed by atoms with Crippen molar-refractivity contribution in [3.05, 3.63) is 35.4 Å². The van der Waals surface area contributed by atoms with Crippen LogP contribution >= 0.6 is 0 Å². The fourth-order valence-corrected chi connectivity index (χ4v) is 6.62. The summed E-state index contributed by atoms with van der Waals surface area (Å²) in [5.74, 6) is 1.60. The van der Waals surface area contributed by atoms with Crippen molar-refractivity contribution in [2.45, 2.75) is 69.9 Å². The number of ether oxygens (including phenoxy) is 1. The minimum absolute atomic E-state index is 0.0558. The molecule has 2 saturated carbocycles. The number of nitrogens with zero attached hydrogens (tertiary/aromatic N) is 1. The molecule has 2 heterocycles. The molecule has 2 saturated heterocycles. The van der Waals surface area contributed by atoms with E-state index < -0.39 is 0 Å². The molecule has 3 nitrogen and oxygen atoms in total. The van der Waals surface area contributed by atoms with Crippen LogP contribution in [-0.2, 0) is 21.4 Å². The lowest BCUT2D eigenvalue weighted by Crippen LogP contribution is -2.70. The zero-order valence-corrected chi connectivity index (χ0v) is 16.1. The normalized spacial score (nSPS) is 38.1. The van der Waals surface area contributed by atoms with E-state index in [2.05, 4.69) is 36.1 Å². The van der Waals surface area contributed by atoms with Gasteiger partial charge < -0.3 is 4.74 Å². The van der Waals surface area contributed by atoms with E-state index in [4.69, 9.17) is 4.74 Å². The number of piperidine rings is 2. The molecule has 1 aromatic carbocycles. The summed E-state index contributed by atoms with van der Waals surface area (Å²) in [4.78, 5) is 15.5. The van der Waals surface area contributed by atoms with Gasteiger partial charge in [-0.15, -0.1) is 0 Å². The fourth-order valence-electron chi connectivity index (χ4n) is 6.62. The highest BCUT2D eigenvalue weighted by Crippen LogP contribution is 2.60. The molecule has 0 spiro atoms. The topological polar surface area (TPSA) is 29.5 Å². The Bertz CT molecular complexity index is 712. The van der Waals surface area contributed by atoms with Gasteiger partial charge in [-0.3, -0.25) is 9.69 Å². The van der Waals surface area contributed by atoms with E-state index in [1.807, 2.05) is 6.92 Å². The lowest BCUT2D eigenvalue weighted by atomic mass is 9.48. The van der Waals surface area contributed by atoms with Crippen molar-refractivity contribution in [1.29, 1.82) is 0 Å². The van der Waals surface area contributed by atoms with Crippen molar-refractivity contribution in [1.82, 2.24) is 4.90 Å². The van der Waals surface area contributed by atoms with Gasteiger partial charge in [0.25, 0.3) is 0 Å². The van der Waals surface area contributed by atoms with Gasteiger partial charge in [0, 0.05) is 24.0 Å². The first-order chi connectivity index (χ1) is 12.7. The Morgan fingerprint density at radius 1 is 1.23 bits per heavy atom. The third-order valence-electron chi connectivity index (χ3n) is 7.94. The van der Waals surface area contributed by atoms with Crippen molar-refractivity contribution < 1.29 is 9.53 Å². The molecule has 6 rings (SSSR count). The van der Waals surface area contributed by atoms with Crippen molar-refractivity contribution in [3.8, 4) is 0 Å². The van der Waals surface area contributed by atoms with Crippen LogP contribution in [0.2, 0.25) is 0 Å². The Morgan fingerprint density at radius 3 is 2.77 bits per heavy atom. The van der Waals surface area contributed by atoms with Crippen LogP contribution < -0.4 is 0 Å². The molecule has 1 aromatic rings. The second-order valence-electron chi connectivity index (χ2n) is 9.05. The maximum atomic E-state index is 12.7. The Morgan fingerprint density at radius 2 is 2.04 bits per heavy atom. The summed E-state index contributed by atoms with van der Waals surface area (Å²) < 4.78 is 5.50. The van der Waals surface area contributed by atoms with Crippen molar-refractivity contribution >= 4 is 5.97 Å². The summed E-state index contributed by atoms with van der Waals surface area (Å²) >= 11 is 0. The number of carbonyl (C=O) groups excluding carboxylic acids is 1. The maximum Gasteiger partial charge on any atom is 0.310 e. The Kier molecular flexibility index (Phi) is 3.93. The van der Waals surface area contributed by atoms with Gasteiger partial charge in [0.15, 0.2) is 0 Å². The van der Waals surface area contributed by atoms with Crippen molar-refractivity contribution in [2.75, 3.05) is 13.2 Å². The second kappa shape index (κ2) is 6.09. The summed E-state index contributed by atoms with van der Waals surface area (Å²) in [5, 5.41) is 0. The summed E-state index contributed by atoms with van der Waals surface area (Å²) in [6.45, 7) is 5.99. The van der Waals surface area contributed by atoms with Gasteiger partial charge in [0.1, 0.15) is 0 Å². The zero-order chi connectivity index (χ0) is 17.9. The molecule has 4 bridgehead atoms. The maximum absolute atomic E-state index is 12.7. The second-order valence-corrected chi connectivity index (χ2v) is 9.05. The lowest BCUT2D eigenvalue weighted by Gasteiger charge is -2.65. The van der Waals surface area contributed by atoms with Gasteiger partial charge >= 0.3 is 5.97 Å². The zero-order valence-electron chi connectivity index (χ0n) is 16.1. The quantitative estimate of drug-likeness (QED) is 0.751. The van der Waals surface area contributed by atoms with E-state index in [-0.39, 0.29) is 17.3 Å². The average Bonchev–Trinajstić information content (AvgIpc) is 3.48. The molecular formula is C23H31NO2. The monoisotopic (exact) mass is 353 g/mol. The smallest absolute Gasteiger partial charge is 0.310 e. The SMILES string of the molecule is CCOC(=O)[C@H]1CC2C3Cc4ccccc4[C@@]2(CC)CC1N3CC1CC1. The largest absolute Gasteiger partial charge is 0.466 e. The molecule has 0 radical (unpaired) electrons. The molecule has 3 unspecified atom stereocenters. The fraction of sp³-hybridized carbons (Fsp3) is 0.696. The average molecular weight is 354 g/mol. The number of hydrogen-bond donors (Lipinski definition) is 0. The highest BCUT2D eigenvalue weighted by molar-refractivity contribution is 5.74. The lowest BCUT2D eigenvalue weighted by molar-refractivity contribution is -0.168. The van der Waals surface area contributed by atoms with Crippen LogP contribution in [0.4, 0.5) is 0 Å². The third kappa shape index (κ3) is 2.32. The molecule has 0 N–H and O–H groups in total. The van der Waals surface area contributed by atoms with E-state index in [0.29, 0.717) is 24.6 Å². The third-order valence-corrected chi connectivity index (χ3v) is 7.94. The Hall–Kier alpha value is -1.35. The molecule has 3 heteroatoms. The molecule has 140 valence electrons. The molecule has 5 atom stereocenters. The predicted octanol–water partition coefficient (Wildman–Crippen LogP) is 3.94. The van der Waals surface area contributed by atoms with Gasteiger partial charge in [-0.1, -0.05) is 31.2 Å². The molecule has 26 heavy (non-hydrogen) atoms. The van der Waals surface area contributed by atoms with Crippen LogP contribution in [0, 0.1) is 17.8 Å². The first kappa shape index (κ1) is 16.8. The number of hydrogen-bond acceptors (Lipinski definition) is 3. The molecule has 0 aromatic heterocycles. The molecule has 0 amide bonds. The van der Waals surface area contributed by atoms with E-state index >= 15 is 0 Å². The van der Waals surface area contributed by atoms with E-state index in [1.165, 1.54) is 32.2 Å². The van der Waals surface area contributed by atoms with Crippen LogP contribution in [0.25, 0.3) is 0 Å². The van der Waals surface area contributed by atoms with Gasteiger partial charge in [0.05, 0.1) is 12.5 Å². The summed E-state index contributed by atoms with van der Waals surface area (Å²) in [6, 6.07) is 10.1. The highest BCUT2D eigenvalue weighted by atomic mass is 16.5. The summed E-state index contributed by atoms with van der Waals surface area (Å²) in [5.41, 5.74) is 3.42. The number of esters is 1. The van der Waals surface area contributed by atoms with Gasteiger partial charge in [-0.05, 0) is 68.4 Å². The Labute approximate surface area is 157 Å². The summed E-state index contributed by atoms with van der Waals surface area (Å²) in [6.07, 6.45) is 7.27. The van der Waals surface area contributed by atoms with Crippen LogP contribution in [-0.4, -0.2) is 36.1 Å². The van der Waals surface area contributed by atoms with Crippen molar-refractivity contribution in [3.63, 3.8) is 0 Å². The van der Waals surface area contributed by atoms with Crippen LogP contribution in [0.15, 0.2) is 24.3 Å². The molecule has 4 fully saturated rings. The first-order valence-electron chi connectivity index (χ1n) is 10.7. The van der Waals surface area contributed by atoms with E-state index in [1.54, 1.807) is 11.1 Å². The molecule has 5 aliphatic rings. The predicted molar refractivity (Wildman–Crippen MR) is 102 cm³/mol. The van der Waals surface area contributed by atoms with Gasteiger partial charge in [-0.2, -0.15) is 0 Å². The highest BCUT2D eigenvalue weighted by Gasteiger charge is 2.62. The van der Waals surface area contributed by atoms with Crippen LogP contribution in [0.3, 0.4) is 0 Å². The van der Waals surface area contributed by atoms with Crippen LogP contribution in [0.5, 0.6) is 0 Å². The first-order valence-corrected chi connectivity index (χ1v) is 10.7. The minimum Gasteiger partial charge on any atom is -0.466 e. The summed E-state index contributed by atoms with van der Waals surface area (Å²) in [7, 11) is 0. The number of benzene rings is 1. The molecule has 3 aliphatic carbocycles. The number of carbonyl (C=O) groups is 1. The van der Waals surface area contributed by atoms with E-state index in [9.17, 15) is 4.79 Å². The standard InChI is InChI=1S/C23H31NO2/c1-3-23-13-21-17(22(25)26-4-2)12-19(23)20(24(21)14-15-9-10-15)11-16-7-5-6-8-18(16)23/h5-8,15,17,19-21H,3-4,9-14H2,1-2H3/t17-,19?,20?,21?,23+/m0/s1. The van der Waals surface area contributed by atoms with E-state index in [0.717, 1.165) is 18.8 Å². The molecule has 2 aliphatic heterocycles. The Balaban J connectivity index is 1.56. The van der Waals surface area contributed by atoms with Gasteiger partial charge in [0.2, 0.25) is 0 Å².